The van der Waals surface area contributed by atoms with E-state index in [0.29, 0.717) is 23.2 Å². The minimum atomic E-state index is -3.41. The smallest absolute Gasteiger partial charge is 0.399 e. The maximum Gasteiger partial charge on any atom is 0.505 e. The summed E-state index contributed by atoms with van der Waals surface area (Å²) in [6.07, 6.45) is 1.85. The summed E-state index contributed by atoms with van der Waals surface area (Å²) in [5.41, 5.74) is -0.854. The molecule has 5 nitrogen and oxygen atoms in total. The van der Waals surface area contributed by atoms with Gasteiger partial charge in [0.25, 0.3) is 10.0 Å². The molecule has 0 aliphatic carbocycles. The molecule has 2 aliphatic rings. The van der Waals surface area contributed by atoms with Crippen molar-refractivity contribution in [1.29, 1.82) is 0 Å². The third kappa shape index (κ3) is 3.19. The molecule has 24 heavy (non-hydrogen) atoms. The van der Waals surface area contributed by atoms with Crippen molar-refractivity contribution in [3.05, 3.63) is 12.1 Å². The Morgan fingerprint density at radius 1 is 1.12 bits per heavy atom. The van der Waals surface area contributed by atoms with Crippen molar-refractivity contribution in [1.82, 2.24) is 4.31 Å². The van der Waals surface area contributed by atoms with Gasteiger partial charge in [-0.1, -0.05) is 13.0 Å². The summed E-state index contributed by atoms with van der Waals surface area (Å²) in [6, 6.07) is 3.49. The molecule has 0 N–H and O–H groups in total. The molecule has 2 aliphatic heterocycles. The fourth-order valence-electron chi connectivity index (χ4n) is 2.91. The predicted molar refractivity (Wildman–Crippen MR) is 97.2 cm³/mol. The van der Waals surface area contributed by atoms with Gasteiger partial charge in [-0.2, -0.15) is 4.31 Å². The summed E-state index contributed by atoms with van der Waals surface area (Å²) >= 11 is 1.25. The van der Waals surface area contributed by atoms with E-state index in [2.05, 4.69) is 6.92 Å². The van der Waals surface area contributed by atoms with Crippen LogP contribution >= 0.6 is 11.3 Å². The Hall–Kier alpha value is -0.405. The summed E-state index contributed by atoms with van der Waals surface area (Å²) in [7, 11) is -3.92. The van der Waals surface area contributed by atoms with Gasteiger partial charge in [-0.05, 0) is 52.5 Å². The number of piperidine rings is 1. The number of sulfonamides is 1. The van der Waals surface area contributed by atoms with Gasteiger partial charge in [-0.3, -0.25) is 0 Å². The third-order valence-corrected chi connectivity index (χ3v) is 8.90. The van der Waals surface area contributed by atoms with Crippen LogP contribution in [0.3, 0.4) is 0 Å². The molecular weight excluding hydrogens is 345 g/mol. The highest BCUT2D eigenvalue weighted by Gasteiger charge is 2.52. The minimum Gasteiger partial charge on any atom is -0.399 e. The molecule has 3 heterocycles. The molecule has 0 spiro atoms. The normalized spacial score (nSPS) is 25.3. The monoisotopic (exact) mass is 371 g/mol. The first kappa shape index (κ1) is 18.4. The van der Waals surface area contributed by atoms with E-state index in [9.17, 15) is 8.42 Å². The maximum absolute atomic E-state index is 12.8. The minimum absolute atomic E-state index is 0.377. The van der Waals surface area contributed by atoms with E-state index in [4.69, 9.17) is 9.31 Å². The van der Waals surface area contributed by atoms with E-state index < -0.39 is 28.3 Å². The van der Waals surface area contributed by atoms with Crippen LogP contribution in [-0.2, 0) is 19.3 Å². The van der Waals surface area contributed by atoms with Gasteiger partial charge in [0.1, 0.15) is 4.21 Å². The van der Waals surface area contributed by atoms with Crippen LogP contribution in [0.5, 0.6) is 0 Å². The highest BCUT2D eigenvalue weighted by atomic mass is 32.2. The quantitative estimate of drug-likeness (QED) is 0.766. The van der Waals surface area contributed by atoms with E-state index in [1.165, 1.54) is 11.3 Å². The van der Waals surface area contributed by atoms with Gasteiger partial charge in [0.15, 0.2) is 0 Å². The zero-order chi connectivity index (χ0) is 17.8. The van der Waals surface area contributed by atoms with Gasteiger partial charge >= 0.3 is 7.12 Å². The van der Waals surface area contributed by atoms with Crippen molar-refractivity contribution < 1.29 is 17.7 Å². The van der Waals surface area contributed by atoms with Crippen LogP contribution in [0.15, 0.2) is 16.3 Å². The average Bonchev–Trinajstić information content (AvgIpc) is 3.03. The topological polar surface area (TPSA) is 55.8 Å². The first-order valence-electron chi connectivity index (χ1n) is 8.48. The standard InChI is InChI=1S/C16H26BNO4S2/c1-12-8-10-18(11-9-12)24(19,20)14-7-6-13(23-14)17-21-15(2,3)16(4,5)22-17/h6-7,12H,8-11H2,1-5H3. The Morgan fingerprint density at radius 2 is 1.67 bits per heavy atom. The van der Waals surface area contributed by atoms with Crippen molar-refractivity contribution in [3.63, 3.8) is 0 Å². The molecule has 1 aromatic rings. The van der Waals surface area contributed by atoms with Crippen LogP contribution in [0.25, 0.3) is 0 Å². The first-order valence-corrected chi connectivity index (χ1v) is 10.7. The summed E-state index contributed by atoms with van der Waals surface area (Å²) in [5.74, 6) is 0.597. The fourth-order valence-corrected chi connectivity index (χ4v) is 5.82. The highest BCUT2D eigenvalue weighted by Crippen LogP contribution is 2.37. The number of hydrogen-bond donors (Lipinski definition) is 0. The fraction of sp³-hybridized carbons (Fsp3) is 0.750. The number of rotatable bonds is 3. The van der Waals surface area contributed by atoms with Gasteiger partial charge < -0.3 is 9.31 Å². The lowest BCUT2D eigenvalue weighted by Gasteiger charge is -2.32. The van der Waals surface area contributed by atoms with Crippen LogP contribution in [0.2, 0.25) is 0 Å². The highest BCUT2D eigenvalue weighted by molar-refractivity contribution is 7.91. The van der Waals surface area contributed by atoms with E-state index in [1.54, 1.807) is 10.4 Å². The Labute approximate surface area is 149 Å². The largest absolute Gasteiger partial charge is 0.505 e. The van der Waals surface area contributed by atoms with Crippen molar-refractivity contribution >= 4 is 33.3 Å². The molecule has 3 rings (SSSR count). The number of nitrogens with zero attached hydrogens (tertiary/aromatic N) is 1. The lowest BCUT2D eigenvalue weighted by atomic mass is 9.88. The van der Waals surface area contributed by atoms with Crippen molar-refractivity contribution in [2.75, 3.05) is 13.1 Å². The second kappa shape index (κ2) is 6.09. The lowest BCUT2D eigenvalue weighted by Crippen LogP contribution is -2.41. The second-order valence-corrected chi connectivity index (χ2v) is 11.1. The SMILES string of the molecule is CC1CCN(S(=O)(=O)c2ccc(B3OC(C)(C)C(C)(C)O3)s2)CC1. The molecule has 0 atom stereocenters. The molecule has 0 aromatic carbocycles. The van der Waals surface area contributed by atoms with Crippen LogP contribution in [0.1, 0.15) is 47.5 Å². The zero-order valence-electron chi connectivity index (χ0n) is 15.0. The van der Waals surface area contributed by atoms with Gasteiger partial charge in [0.05, 0.1) is 11.2 Å². The molecule has 0 bridgehead atoms. The third-order valence-electron chi connectivity index (χ3n) is 5.42. The first-order chi connectivity index (χ1) is 11.0. The van der Waals surface area contributed by atoms with Crippen LogP contribution in [0, 0.1) is 5.92 Å². The molecule has 2 saturated heterocycles. The van der Waals surface area contributed by atoms with Gasteiger partial charge in [-0.15, -0.1) is 11.3 Å². The summed E-state index contributed by atoms with van der Waals surface area (Å²) in [6.45, 7) is 11.4. The Balaban J connectivity index is 1.79. The molecule has 2 fully saturated rings. The zero-order valence-corrected chi connectivity index (χ0v) is 16.7. The van der Waals surface area contributed by atoms with Gasteiger partial charge in [0, 0.05) is 17.9 Å². The number of thiophene rings is 1. The van der Waals surface area contributed by atoms with Gasteiger partial charge in [-0.25, -0.2) is 8.42 Å². The molecule has 8 heteroatoms. The van der Waals surface area contributed by atoms with E-state index in [-0.39, 0.29) is 0 Å². The summed E-state index contributed by atoms with van der Waals surface area (Å²) in [5, 5.41) is 0. The molecule has 134 valence electrons. The Bertz CT molecular complexity index is 689. The lowest BCUT2D eigenvalue weighted by molar-refractivity contribution is 0.00578. The van der Waals surface area contributed by atoms with Gasteiger partial charge in [0.2, 0.25) is 0 Å². The average molecular weight is 371 g/mol. The van der Waals surface area contributed by atoms with Crippen molar-refractivity contribution in [2.24, 2.45) is 5.92 Å². The Kier molecular flexibility index (Phi) is 4.67. The van der Waals surface area contributed by atoms with E-state index in [0.717, 1.165) is 17.6 Å². The number of hydrogen-bond acceptors (Lipinski definition) is 5. The molecule has 0 saturated carbocycles. The maximum atomic E-state index is 12.8. The molecule has 0 unspecified atom stereocenters. The summed E-state index contributed by atoms with van der Waals surface area (Å²) < 4.78 is 40.5. The molecule has 1 aromatic heterocycles. The summed E-state index contributed by atoms with van der Waals surface area (Å²) in [4.78, 5) is 0. The van der Waals surface area contributed by atoms with Crippen molar-refractivity contribution in [2.45, 2.75) is 62.9 Å². The molecule has 0 radical (unpaired) electrons. The predicted octanol–water partition coefficient (Wildman–Crippen LogP) is 2.47. The molecule has 0 amide bonds. The van der Waals surface area contributed by atoms with Crippen LogP contribution in [-0.4, -0.2) is 44.1 Å². The van der Waals surface area contributed by atoms with Crippen molar-refractivity contribution in [3.8, 4) is 0 Å². The van der Waals surface area contributed by atoms with E-state index in [1.807, 2.05) is 33.8 Å². The Morgan fingerprint density at radius 3 is 2.21 bits per heavy atom. The van der Waals surface area contributed by atoms with Crippen LogP contribution < -0.4 is 4.78 Å². The molecular formula is C16H26BNO4S2. The second-order valence-electron chi connectivity index (χ2n) is 7.83. The van der Waals surface area contributed by atoms with E-state index >= 15 is 0 Å². The van der Waals surface area contributed by atoms with Crippen LogP contribution in [0.4, 0.5) is 0 Å².